The Morgan fingerprint density at radius 2 is 1.66 bits per heavy atom. The lowest BCUT2D eigenvalue weighted by Gasteiger charge is -2.10. The van der Waals surface area contributed by atoms with Crippen LogP contribution in [0.25, 0.3) is 0 Å². The van der Waals surface area contributed by atoms with Crippen molar-refractivity contribution in [2.75, 3.05) is 23.2 Å². The SMILES string of the molecule is COc1ccc(Nc2nc(NCc3ccco3)nc(NN=Cc3ccccc3)n2)cc1.Cl. The maximum atomic E-state index is 5.35. The average molecular weight is 452 g/mol. The van der Waals surface area contributed by atoms with Gasteiger partial charge in [0, 0.05) is 5.69 Å². The van der Waals surface area contributed by atoms with Gasteiger partial charge in [-0.05, 0) is 42.0 Å². The second kappa shape index (κ2) is 11.3. The van der Waals surface area contributed by atoms with Gasteiger partial charge in [0.25, 0.3) is 0 Å². The second-order valence-corrected chi connectivity index (χ2v) is 6.37. The van der Waals surface area contributed by atoms with E-state index in [-0.39, 0.29) is 12.4 Å². The molecule has 4 rings (SSSR count). The lowest BCUT2D eigenvalue weighted by atomic mass is 10.2. The predicted molar refractivity (Wildman–Crippen MR) is 127 cm³/mol. The number of aromatic nitrogens is 3. The zero-order valence-corrected chi connectivity index (χ0v) is 18.0. The molecule has 3 N–H and O–H groups in total. The van der Waals surface area contributed by atoms with E-state index >= 15 is 0 Å². The summed E-state index contributed by atoms with van der Waals surface area (Å²) in [7, 11) is 1.62. The third-order valence-electron chi connectivity index (χ3n) is 4.16. The Labute approximate surface area is 191 Å². The third-order valence-corrected chi connectivity index (χ3v) is 4.16. The maximum Gasteiger partial charge on any atom is 0.250 e. The van der Waals surface area contributed by atoms with Gasteiger partial charge in [-0.2, -0.15) is 20.1 Å². The van der Waals surface area contributed by atoms with Crippen molar-refractivity contribution >= 4 is 42.2 Å². The van der Waals surface area contributed by atoms with Gasteiger partial charge in [0.1, 0.15) is 11.5 Å². The van der Waals surface area contributed by atoms with E-state index in [1.165, 1.54) is 0 Å². The van der Waals surface area contributed by atoms with Gasteiger partial charge in [-0.3, -0.25) is 0 Å². The molecule has 0 aliphatic rings. The highest BCUT2D eigenvalue weighted by Crippen LogP contribution is 2.19. The van der Waals surface area contributed by atoms with Crippen molar-refractivity contribution < 1.29 is 9.15 Å². The van der Waals surface area contributed by atoms with Crippen molar-refractivity contribution in [3.63, 3.8) is 0 Å². The summed E-state index contributed by atoms with van der Waals surface area (Å²) in [6.07, 6.45) is 3.31. The molecule has 32 heavy (non-hydrogen) atoms. The summed E-state index contributed by atoms with van der Waals surface area (Å²) >= 11 is 0. The summed E-state index contributed by atoms with van der Waals surface area (Å²) in [6.45, 7) is 0.436. The monoisotopic (exact) mass is 451 g/mol. The van der Waals surface area contributed by atoms with E-state index in [1.54, 1.807) is 19.6 Å². The molecule has 0 unspecified atom stereocenters. The summed E-state index contributed by atoms with van der Waals surface area (Å²) in [5.41, 5.74) is 4.62. The lowest BCUT2D eigenvalue weighted by Crippen LogP contribution is -2.09. The number of nitrogens with zero attached hydrogens (tertiary/aromatic N) is 4. The molecule has 10 heteroatoms. The van der Waals surface area contributed by atoms with Crippen LogP contribution in [0.2, 0.25) is 0 Å². The first-order valence-electron chi connectivity index (χ1n) is 9.56. The molecular formula is C22H22ClN7O2. The van der Waals surface area contributed by atoms with Gasteiger partial charge in [-0.1, -0.05) is 30.3 Å². The van der Waals surface area contributed by atoms with Gasteiger partial charge in [-0.15, -0.1) is 12.4 Å². The Hall–Kier alpha value is -4.11. The van der Waals surface area contributed by atoms with Crippen LogP contribution < -0.4 is 20.8 Å². The highest BCUT2D eigenvalue weighted by atomic mass is 35.5. The smallest absolute Gasteiger partial charge is 0.250 e. The molecule has 4 aromatic rings. The van der Waals surface area contributed by atoms with E-state index in [0.717, 1.165) is 22.8 Å². The molecule has 0 aliphatic carbocycles. The van der Waals surface area contributed by atoms with Crippen molar-refractivity contribution in [2.45, 2.75) is 6.54 Å². The zero-order chi connectivity index (χ0) is 21.3. The largest absolute Gasteiger partial charge is 0.497 e. The molecule has 0 atom stereocenters. The van der Waals surface area contributed by atoms with E-state index in [0.29, 0.717) is 24.4 Å². The Balaban J connectivity index is 0.00000289. The topological polar surface area (TPSA) is 109 Å². The minimum atomic E-state index is 0. The highest BCUT2D eigenvalue weighted by molar-refractivity contribution is 5.85. The zero-order valence-electron chi connectivity index (χ0n) is 17.2. The Kier molecular flexibility index (Phi) is 7.99. The number of hydrogen-bond acceptors (Lipinski definition) is 9. The molecule has 0 aliphatic heterocycles. The quantitative estimate of drug-likeness (QED) is 0.248. The van der Waals surface area contributed by atoms with Gasteiger partial charge in [0.15, 0.2) is 0 Å². The summed E-state index contributed by atoms with van der Waals surface area (Å²) in [5.74, 6) is 2.56. The van der Waals surface area contributed by atoms with Gasteiger partial charge in [0.05, 0.1) is 26.1 Å². The van der Waals surface area contributed by atoms with Crippen LogP contribution in [0.4, 0.5) is 23.5 Å². The minimum Gasteiger partial charge on any atom is -0.497 e. The molecule has 2 aromatic carbocycles. The number of furan rings is 1. The Bertz CT molecular complexity index is 1120. The van der Waals surface area contributed by atoms with Crippen molar-refractivity contribution in [1.82, 2.24) is 15.0 Å². The van der Waals surface area contributed by atoms with Gasteiger partial charge < -0.3 is 19.8 Å². The normalized spacial score (nSPS) is 10.4. The number of halogens is 1. The van der Waals surface area contributed by atoms with Crippen molar-refractivity contribution in [3.05, 3.63) is 84.3 Å². The third kappa shape index (κ3) is 6.44. The van der Waals surface area contributed by atoms with E-state index < -0.39 is 0 Å². The molecule has 0 fully saturated rings. The Morgan fingerprint density at radius 3 is 2.38 bits per heavy atom. The number of methoxy groups -OCH3 is 1. The van der Waals surface area contributed by atoms with Crippen LogP contribution in [0, 0.1) is 0 Å². The van der Waals surface area contributed by atoms with Crippen LogP contribution in [-0.4, -0.2) is 28.3 Å². The minimum absolute atomic E-state index is 0. The molecule has 0 saturated carbocycles. The standard InChI is InChI=1S/C22H21N7O2.ClH/c1-30-18-11-9-17(10-12-18)25-21-26-20(23-15-19-8-5-13-31-19)27-22(28-21)29-24-14-16-6-3-2-4-7-16;/h2-14H,15H2,1H3,(H3,23,25,26,27,28,29);1H. The molecule has 2 heterocycles. The molecule has 0 amide bonds. The number of anilines is 4. The fourth-order valence-electron chi connectivity index (χ4n) is 2.65. The number of benzene rings is 2. The highest BCUT2D eigenvalue weighted by Gasteiger charge is 2.08. The number of hydrogen-bond donors (Lipinski definition) is 3. The predicted octanol–water partition coefficient (Wildman–Crippen LogP) is 4.70. The number of rotatable bonds is 9. The van der Waals surface area contributed by atoms with Crippen LogP contribution in [0.1, 0.15) is 11.3 Å². The lowest BCUT2D eigenvalue weighted by molar-refractivity contribution is 0.415. The molecular weight excluding hydrogens is 430 g/mol. The van der Waals surface area contributed by atoms with Gasteiger partial charge >= 0.3 is 0 Å². The van der Waals surface area contributed by atoms with E-state index in [4.69, 9.17) is 9.15 Å². The molecule has 0 spiro atoms. The molecule has 2 aromatic heterocycles. The first kappa shape index (κ1) is 22.6. The number of nitrogens with one attached hydrogen (secondary N) is 3. The van der Waals surface area contributed by atoms with Crippen LogP contribution >= 0.6 is 12.4 Å². The van der Waals surface area contributed by atoms with Crippen molar-refractivity contribution in [2.24, 2.45) is 5.10 Å². The van der Waals surface area contributed by atoms with Crippen LogP contribution in [0.3, 0.4) is 0 Å². The van der Waals surface area contributed by atoms with Crippen molar-refractivity contribution in [1.29, 1.82) is 0 Å². The first-order valence-corrected chi connectivity index (χ1v) is 9.56. The second-order valence-electron chi connectivity index (χ2n) is 6.37. The molecule has 0 bridgehead atoms. The fraction of sp³-hybridized carbons (Fsp3) is 0.0909. The van der Waals surface area contributed by atoms with Crippen molar-refractivity contribution in [3.8, 4) is 5.75 Å². The molecule has 0 radical (unpaired) electrons. The molecule has 9 nitrogen and oxygen atoms in total. The fourth-order valence-corrected chi connectivity index (χ4v) is 2.65. The van der Waals surface area contributed by atoms with Crippen LogP contribution in [0.5, 0.6) is 5.75 Å². The summed E-state index contributed by atoms with van der Waals surface area (Å²) in [5, 5.41) is 10.5. The van der Waals surface area contributed by atoms with Gasteiger partial charge in [0.2, 0.25) is 17.8 Å². The van der Waals surface area contributed by atoms with Crippen LogP contribution in [0.15, 0.2) is 82.5 Å². The number of hydrazone groups is 1. The van der Waals surface area contributed by atoms with E-state index in [1.807, 2.05) is 66.7 Å². The summed E-state index contributed by atoms with van der Waals surface area (Å²) in [6, 6.07) is 20.9. The molecule has 164 valence electrons. The maximum absolute atomic E-state index is 5.35. The van der Waals surface area contributed by atoms with E-state index in [9.17, 15) is 0 Å². The first-order chi connectivity index (χ1) is 15.3. The van der Waals surface area contributed by atoms with Crippen LogP contribution in [-0.2, 0) is 6.54 Å². The van der Waals surface area contributed by atoms with Gasteiger partial charge in [-0.25, -0.2) is 5.43 Å². The van der Waals surface area contributed by atoms with E-state index in [2.05, 4.69) is 36.1 Å². The Morgan fingerprint density at radius 1 is 0.906 bits per heavy atom. The summed E-state index contributed by atoms with van der Waals surface area (Å²) < 4.78 is 10.5. The molecule has 0 saturated heterocycles. The average Bonchev–Trinajstić information content (AvgIpc) is 3.33. The number of ether oxygens (including phenoxy) is 1. The summed E-state index contributed by atoms with van der Waals surface area (Å²) in [4.78, 5) is 13.2.